The molecule has 1 aromatic carbocycles. The molecule has 0 radical (unpaired) electrons. The van der Waals surface area contributed by atoms with Crippen LogP contribution in [0, 0.1) is 5.92 Å². The van der Waals surface area contributed by atoms with Crippen LogP contribution in [0.1, 0.15) is 23.2 Å². The zero-order chi connectivity index (χ0) is 14.0. The SMILES string of the molecule is O=Cc1cccc(Cl)c1N1CCCC(C(F)(F)F)C1. The van der Waals surface area contributed by atoms with Gasteiger partial charge in [-0.3, -0.25) is 4.79 Å². The van der Waals surface area contributed by atoms with Crippen molar-refractivity contribution in [1.29, 1.82) is 0 Å². The van der Waals surface area contributed by atoms with Gasteiger partial charge in [-0.15, -0.1) is 0 Å². The number of hydrogen-bond acceptors (Lipinski definition) is 2. The van der Waals surface area contributed by atoms with Crippen molar-refractivity contribution in [1.82, 2.24) is 0 Å². The second-order valence-corrected chi connectivity index (χ2v) is 5.03. The highest BCUT2D eigenvalue weighted by Crippen LogP contribution is 2.37. The number of halogens is 4. The van der Waals surface area contributed by atoms with Crippen LogP contribution in [0.5, 0.6) is 0 Å². The Hall–Kier alpha value is -1.23. The third-order valence-corrected chi connectivity index (χ3v) is 3.65. The highest BCUT2D eigenvalue weighted by molar-refractivity contribution is 6.33. The monoisotopic (exact) mass is 291 g/mol. The minimum absolute atomic E-state index is 0.126. The Kier molecular flexibility index (Phi) is 4.04. The van der Waals surface area contributed by atoms with Crippen LogP contribution < -0.4 is 4.90 Å². The Morgan fingerprint density at radius 2 is 2.11 bits per heavy atom. The third-order valence-electron chi connectivity index (χ3n) is 3.35. The molecule has 2 nitrogen and oxygen atoms in total. The van der Waals surface area contributed by atoms with Gasteiger partial charge in [0.2, 0.25) is 0 Å². The molecular weight excluding hydrogens is 279 g/mol. The molecule has 1 aromatic rings. The molecule has 0 amide bonds. The van der Waals surface area contributed by atoms with Gasteiger partial charge in [-0.05, 0) is 25.0 Å². The molecule has 1 aliphatic rings. The lowest BCUT2D eigenvalue weighted by Gasteiger charge is -2.36. The van der Waals surface area contributed by atoms with Crippen molar-refractivity contribution in [3.63, 3.8) is 0 Å². The molecule has 1 unspecified atom stereocenters. The first-order valence-corrected chi connectivity index (χ1v) is 6.36. The Morgan fingerprint density at radius 3 is 2.74 bits per heavy atom. The number of rotatable bonds is 2. The van der Waals surface area contributed by atoms with Gasteiger partial charge in [0.1, 0.15) is 0 Å². The normalized spacial score (nSPS) is 20.4. The quantitative estimate of drug-likeness (QED) is 0.770. The summed E-state index contributed by atoms with van der Waals surface area (Å²) in [6.07, 6.45) is -3.02. The van der Waals surface area contributed by atoms with Crippen molar-refractivity contribution in [2.75, 3.05) is 18.0 Å². The van der Waals surface area contributed by atoms with Gasteiger partial charge in [0.15, 0.2) is 6.29 Å². The van der Waals surface area contributed by atoms with Crippen LogP contribution in [0.25, 0.3) is 0 Å². The lowest BCUT2D eigenvalue weighted by molar-refractivity contribution is -0.175. The fourth-order valence-corrected chi connectivity index (χ4v) is 2.71. The molecule has 1 atom stereocenters. The lowest BCUT2D eigenvalue weighted by Crippen LogP contribution is -2.42. The van der Waals surface area contributed by atoms with Crippen LogP contribution in [0.2, 0.25) is 5.02 Å². The average Bonchev–Trinajstić information content (AvgIpc) is 2.37. The molecule has 0 saturated carbocycles. The molecular formula is C13H13ClF3NO. The van der Waals surface area contributed by atoms with Gasteiger partial charge in [-0.2, -0.15) is 13.2 Å². The number of benzene rings is 1. The number of aldehydes is 1. The smallest absolute Gasteiger partial charge is 0.369 e. The van der Waals surface area contributed by atoms with E-state index in [1.165, 1.54) is 0 Å². The molecule has 1 saturated heterocycles. The van der Waals surface area contributed by atoms with E-state index in [2.05, 4.69) is 0 Å². The molecule has 0 N–H and O–H groups in total. The topological polar surface area (TPSA) is 20.3 Å². The largest absolute Gasteiger partial charge is 0.393 e. The van der Waals surface area contributed by atoms with Crippen molar-refractivity contribution >= 4 is 23.6 Å². The summed E-state index contributed by atoms with van der Waals surface area (Å²) in [5, 5.41) is 0.312. The molecule has 0 aliphatic carbocycles. The zero-order valence-corrected chi connectivity index (χ0v) is 10.8. The van der Waals surface area contributed by atoms with Crippen LogP contribution in [-0.2, 0) is 0 Å². The molecule has 0 aromatic heterocycles. The van der Waals surface area contributed by atoms with Gasteiger partial charge in [-0.25, -0.2) is 0 Å². The van der Waals surface area contributed by atoms with Crippen LogP contribution in [0.4, 0.5) is 18.9 Å². The number of anilines is 1. The first-order valence-electron chi connectivity index (χ1n) is 5.99. The average molecular weight is 292 g/mol. The number of piperidine rings is 1. The Morgan fingerprint density at radius 1 is 1.37 bits per heavy atom. The van der Waals surface area contributed by atoms with Gasteiger partial charge < -0.3 is 4.90 Å². The second-order valence-electron chi connectivity index (χ2n) is 4.62. The Bertz CT molecular complexity index is 475. The maximum absolute atomic E-state index is 12.8. The Balaban J connectivity index is 2.29. The van der Waals surface area contributed by atoms with Crippen LogP contribution in [-0.4, -0.2) is 25.6 Å². The molecule has 1 aliphatic heterocycles. The van der Waals surface area contributed by atoms with Gasteiger partial charge in [0, 0.05) is 18.7 Å². The van der Waals surface area contributed by atoms with Gasteiger partial charge in [0.25, 0.3) is 0 Å². The number of hydrogen-bond donors (Lipinski definition) is 0. The maximum atomic E-state index is 12.8. The summed E-state index contributed by atoms with van der Waals surface area (Å²) < 4.78 is 38.4. The van der Waals surface area contributed by atoms with E-state index in [0.717, 1.165) is 0 Å². The van der Waals surface area contributed by atoms with Crippen molar-refractivity contribution in [3.8, 4) is 0 Å². The predicted molar refractivity (Wildman–Crippen MR) is 67.8 cm³/mol. The van der Waals surface area contributed by atoms with Gasteiger partial charge >= 0.3 is 6.18 Å². The lowest BCUT2D eigenvalue weighted by atomic mass is 9.96. The molecule has 104 valence electrons. The summed E-state index contributed by atoms with van der Waals surface area (Å²) in [6, 6.07) is 4.76. The standard InChI is InChI=1S/C13H13ClF3NO/c14-11-5-1-3-9(8-19)12(11)18-6-2-4-10(7-18)13(15,16)17/h1,3,5,8,10H,2,4,6-7H2. The van der Waals surface area contributed by atoms with Crippen molar-refractivity contribution in [2.45, 2.75) is 19.0 Å². The highest BCUT2D eigenvalue weighted by atomic mass is 35.5. The van der Waals surface area contributed by atoms with Gasteiger partial charge in [0.05, 0.1) is 16.6 Å². The fraction of sp³-hybridized carbons (Fsp3) is 0.462. The maximum Gasteiger partial charge on any atom is 0.393 e. The van der Waals surface area contributed by atoms with E-state index < -0.39 is 12.1 Å². The number of para-hydroxylation sites is 1. The molecule has 0 spiro atoms. The van der Waals surface area contributed by atoms with E-state index in [1.807, 2.05) is 0 Å². The summed E-state index contributed by atoms with van der Waals surface area (Å²) >= 11 is 6.02. The second kappa shape index (κ2) is 5.41. The predicted octanol–water partition coefficient (Wildman–Crippen LogP) is 3.93. The summed E-state index contributed by atoms with van der Waals surface area (Å²) in [5.74, 6) is -1.36. The van der Waals surface area contributed by atoms with E-state index in [-0.39, 0.29) is 13.0 Å². The van der Waals surface area contributed by atoms with Gasteiger partial charge in [-0.1, -0.05) is 17.7 Å². The molecule has 2 rings (SSSR count). The first-order chi connectivity index (χ1) is 8.93. The molecule has 1 fully saturated rings. The number of carbonyl (C=O) groups excluding carboxylic acids is 1. The third kappa shape index (κ3) is 3.03. The van der Waals surface area contributed by atoms with E-state index >= 15 is 0 Å². The van der Waals surface area contributed by atoms with E-state index in [0.29, 0.717) is 35.5 Å². The summed E-state index contributed by atoms with van der Waals surface area (Å²) in [7, 11) is 0. The van der Waals surface area contributed by atoms with E-state index in [4.69, 9.17) is 11.6 Å². The molecule has 6 heteroatoms. The minimum atomic E-state index is -4.21. The van der Waals surface area contributed by atoms with Crippen LogP contribution in [0.15, 0.2) is 18.2 Å². The van der Waals surface area contributed by atoms with Crippen LogP contribution in [0.3, 0.4) is 0 Å². The first kappa shape index (κ1) is 14.2. The van der Waals surface area contributed by atoms with E-state index in [1.54, 1.807) is 23.1 Å². The minimum Gasteiger partial charge on any atom is -0.369 e. The van der Waals surface area contributed by atoms with Crippen molar-refractivity contribution < 1.29 is 18.0 Å². The zero-order valence-electron chi connectivity index (χ0n) is 10.1. The number of alkyl halides is 3. The number of carbonyl (C=O) groups is 1. The molecule has 19 heavy (non-hydrogen) atoms. The van der Waals surface area contributed by atoms with Crippen molar-refractivity contribution in [2.24, 2.45) is 5.92 Å². The summed E-state index contributed by atoms with van der Waals surface area (Å²) in [6.45, 7) is 0.339. The fourth-order valence-electron chi connectivity index (χ4n) is 2.41. The highest BCUT2D eigenvalue weighted by Gasteiger charge is 2.42. The van der Waals surface area contributed by atoms with E-state index in [9.17, 15) is 18.0 Å². The summed E-state index contributed by atoms with van der Waals surface area (Å²) in [4.78, 5) is 12.6. The molecule has 0 bridgehead atoms. The Labute approximate surface area is 114 Å². The number of nitrogens with zero attached hydrogens (tertiary/aromatic N) is 1. The van der Waals surface area contributed by atoms with Crippen molar-refractivity contribution in [3.05, 3.63) is 28.8 Å². The van der Waals surface area contributed by atoms with Crippen LogP contribution >= 0.6 is 11.6 Å². The summed E-state index contributed by atoms with van der Waals surface area (Å²) in [5.41, 5.74) is 0.739. The molecule has 1 heterocycles.